The number of nitrogens with one attached hydrogen (secondary N) is 1. The number of hydrogen-bond acceptors (Lipinski definition) is 2. The molecule has 0 aromatic carbocycles. The van der Waals surface area contributed by atoms with E-state index in [1.54, 1.807) is 19.0 Å². The van der Waals surface area contributed by atoms with E-state index in [1.165, 1.54) is 38.5 Å². The normalized spacial score (nSPS) is 27.9. The Morgan fingerprint density at radius 1 is 1.14 bits per heavy atom. The monoisotopic (exact) mass is 420 g/mol. The number of rotatable bonds is 3. The SMILES string of the molecule is CN(C)C(=O)CN=C(NC1CC1)N1CC2CCCCC2C1.I. The third-order valence-corrected chi connectivity index (χ3v) is 5.05. The number of carbonyl (C=O) groups excluding carboxylic acids is 1. The Kier molecular flexibility index (Phi) is 6.35. The second-order valence-corrected chi connectivity index (χ2v) is 7.06. The van der Waals surface area contributed by atoms with Crippen LogP contribution in [-0.4, -0.2) is 61.4 Å². The predicted molar refractivity (Wildman–Crippen MR) is 99.6 cm³/mol. The van der Waals surface area contributed by atoms with Gasteiger partial charge in [0.1, 0.15) is 6.54 Å². The second-order valence-electron chi connectivity index (χ2n) is 7.06. The first-order valence-electron chi connectivity index (χ1n) is 8.39. The van der Waals surface area contributed by atoms with Crippen LogP contribution in [0.25, 0.3) is 0 Å². The van der Waals surface area contributed by atoms with Crippen molar-refractivity contribution >= 4 is 35.8 Å². The molecule has 6 heteroatoms. The third kappa shape index (κ3) is 4.49. The first-order chi connectivity index (χ1) is 10.1. The molecule has 0 radical (unpaired) electrons. The Morgan fingerprint density at radius 3 is 2.23 bits per heavy atom. The Hall–Kier alpha value is -0.530. The fraction of sp³-hybridized carbons (Fsp3) is 0.875. The molecule has 1 N–H and O–H groups in total. The number of fused-ring (bicyclic) bond motifs is 1. The van der Waals surface area contributed by atoms with Crippen molar-refractivity contribution in [1.29, 1.82) is 0 Å². The number of likely N-dealkylation sites (N-methyl/N-ethyl adjacent to an activating group) is 1. The Labute approximate surface area is 150 Å². The van der Waals surface area contributed by atoms with Crippen LogP contribution in [0.2, 0.25) is 0 Å². The van der Waals surface area contributed by atoms with E-state index >= 15 is 0 Å². The highest BCUT2D eigenvalue weighted by Gasteiger charge is 2.36. The molecule has 1 heterocycles. The largest absolute Gasteiger partial charge is 0.353 e. The van der Waals surface area contributed by atoms with Crippen molar-refractivity contribution in [2.24, 2.45) is 16.8 Å². The van der Waals surface area contributed by atoms with Crippen LogP contribution in [0.5, 0.6) is 0 Å². The van der Waals surface area contributed by atoms with Crippen molar-refractivity contribution in [1.82, 2.24) is 15.1 Å². The minimum Gasteiger partial charge on any atom is -0.353 e. The first kappa shape index (κ1) is 17.8. The summed E-state index contributed by atoms with van der Waals surface area (Å²) in [6, 6.07) is 0.584. The number of aliphatic imine (C=N–C) groups is 1. The number of likely N-dealkylation sites (tertiary alicyclic amines) is 1. The highest BCUT2D eigenvalue weighted by molar-refractivity contribution is 14.0. The van der Waals surface area contributed by atoms with Crippen LogP contribution < -0.4 is 5.32 Å². The molecule has 2 aliphatic carbocycles. The molecule has 22 heavy (non-hydrogen) atoms. The topological polar surface area (TPSA) is 47.9 Å². The number of nitrogens with zero attached hydrogens (tertiary/aromatic N) is 3. The third-order valence-electron chi connectivity index (χ3n) is 5.05. The van der Waals surface area contributed by atoms with Crippen molar-refractivity contribution in [2.45, 2.75) is 44.6 Å². The smallest absolute Gasteiger partial charge is 0.243 e. The van der Waals surface area contributed by atoms with Crippen molar-refractivity contribution < 1.29 is 4.79 Å². The molecule has 3 fully saturated rings. The molecule has 126 valence electrons. The molecule has 2 unspecified atom stereocenters. The van der Waals surface area contributed by atoms with E-state index in [0.29, 0.717) is 6.04 Å². The van der Waals surface area contributed by atoms with Crippen LogP contribution in [0.15, 0.2) is 4.99 Å². The lowest BCUT2D eigenvalue weighted by Gasteiger charge is -2.22. The summed E-state index contributed by atoms with van der Waals surface area (Å²) in [6.45, 7) is 2.51. The minimum absolute atomic E-state index is 0. The quantitative estimate of drug-likeness (QED) is 0.431. The van der Waals surface area contributed by atoms with E-state index in [-0.39, 0.29) is 36.4 Å². The zero-order valence-electron chi connectivity index (χ0n) is 13.8. The minimum atomic E-state index is 0. The van der Waals surface area contributed by atoms with Crippen molar-refractivity contribution in [3.63, 3.8) is 0 Å². The lowest BCUT2D eigenvalue weighted by molar-refractivity contribution is -0.127. The van der Waals surface area contributed by atoms with Crippen LogP contribution in [-0.2, 0) is 4.79 Å². The molecule has 2 atom stereocenters. The van der Waals surface area contributed by atoms with Gasteiger partial charge in [0.05, 0.1) is 0 Å². The van der Waals surface area contributed by atoms with Crippen LogP contribution in [0.3, 0.4) is 0 Å². The molecule has 1 saturated heterocycles. The average Bonchev–Trinajstić information content (AvgIpc) is 3.18. The van der Waals surface area contributed by atoms with Gasteiger partial charge in [0.15, 0.2) is 5.96 Å². The van der Waals surface area contributed by atoms with Crippen LogP contribution >= 0.6 is 24.0 Å². The summed E-state index contributed by atoms with van der Waals surface area (Å²) in [6.07, 6.45) is 7.99. The van der Waals surface area contributed by atoms with Gasteiger partial charge >= 0.3 is 0 Å². The van der Waals surface area contributed by atoms with Crippen LogP contribution in [0.4, 0.5) is 0 Å². The van der Waals surface area contributed by atoms with Gasteiger partial charge in [-0.05, 0) is 37.5 Å². The van der Waals surface area contributed by atoms with Gasteiger partial charge < -0.3 is 15.1 Å². The molecule has 3 rings (SSSR count). The summed E-state index contributed by atoms with van der Waals surface area (Å²) < 4.78 is 0. The average molecular weight is 420 g/mol. The van der Waals surface area contributed by atoms with Gasteiger partial charge in [-0.25, -0.2) is 4.99 Å². The van der Waals surface area contributed by atoms with Crippen molar-refractivity contribution in [3.05, 3.63) is 0 Å². The lowest BCUT2D eigenvalue weighted by Crippen LogP contribution is -2.42. The van der Waals surface area contributed by atoms with Gasteiger partial charge in [-0.15, -0.1) is 24.0 Å². The van der Waals surface area contributed by atoms with E-state index < -0.39 is 0 Å². The van der Waals surface area contributed by atoms with E-state index in [4.69, 9.17) is 0 Å². The Bertz CT molecular complexity index is 408. The highest BCUT2D eigenvalue weighted by atomic mass is 127. The number of halogens is 1. The summed E-state index contributed by atoms with van der Waals surface area (Å²) in [5, 5.41) is 3.54. The number of guanidine groups is 1. The van der Waals surface area contributed by atoms with Gasteiger partial charge in [-0.2, -0.15) is 0 Å². The molecule has 1 amide bonds. The van der Waals surface area contributed by atoms with E-state index in [0.717, 1.165) is 30.9 Å². The number of carbonyl (C=O) groups is 1. The van der Waals surface area contributed by atoms with Crippen LogP contribution in [0.1, 0.15) is 38.5 Å². The Morgan fingerprint density at radius 2 is 1.73 bits per heavy atom. The summed E-state index contributed by atoms with van der Waals surface area (Å²) in [7, 11) is 3.58. The van der Waals surface area contributed by atoms with Crippen LogP contribution in [0, 0.1) is 11.8 Å². The van der Waals surface area contributed by atoms with E-state index in [2.05, 4.69) is 15.2 Å². The van der Waals surface area contributed by atoms with Gasteiger partial charge in [0, 0.05) is 33.2 Å². The second kappa shape index (κ2) is 7.84. The number of hydrogen-bond donors (Lipinski definition) is 1. The number of amides is 1. The summed E-state index contributed by atoms with van der Waals surface area (Å²) in [5.41, 5.74) is 0. The molecular formula is C16H29IN4O. The summed E-state index contributed by atoms with van der Waals surface area (Å²) in [5.74, 6) is 2.73. The van der Waals surface area contributed by atoms with E-state index in [1.807, 2.05) is 0 Å². The molecule has 0 aromatic rings. The first-order valence-corrected chi connectivity index (χ1v) is 8.39. The molecule has 3 aliphatic rings. The van der Waals surface area contributed by atoms with Gasteiger partial charge in [0.2, 0.25) is 5.91 Å². The molecule has 0 aromatic heterocycles. The Balaban J connectivity index is 0.00000176. The summed E-state index contributed by atoms with van der Waals surface area (Å²) >= 11 is 0. The van der Waals surface area contributed by atoms with E-state index in [9.17, 15) is 4.79 Å². The fourth-order valence-corrected chi connectivity index (χ4v) is 3.51. The molecule has 5 nitrogen and oxygen atoms in total. The lowest BCUT2D eigenvalue weighted by atomic mass is 9.82. The fourth-order valence-electron chi connectivity index (χ4n) is 3.51. The molecular weight excluding hydrogens is 391 g/mol. The summed E-state index contributed by atoms with van der Waals surface area (Å²) in [4.78, 5) is 20.4. The molecule has 0 spiro atoms. The molecule has 2 saturated carbocycles. The van der Waals surface area contributed by atoms with Crippen molar-refractivity contribution in [2.75, 3.05) is 33.7 Å². The maximum Gasteiger partial charge on any atom is 0.243 e. The zero-order chi connectivity index (χ0) is 14.8. The maximum atomic E-state index is 11.8. The van der Waals surface area contributed by atoms with Gasteiger partial charge in [0.25, 0.3) is 0 Å². The molecule has 1 aliphatic heterocycles. The standard InChI is InChI=1S/C16H28N4O.HI/c1-19(2)15(21)9-17-16(18-14-7-8-14)20-10-12-5-3-4-6-13(12)11-20;/h12-14H,3-11H2,1-2H3,(H,17,18);1H. The van der Waals surface area contributed by atoms with Crippen molar-refractivity contribution in [3.8, 4) is 0 Å². The van der Waals surface area contributed by atoms with Gasteiger partial charge in [-0.1, -0.05) is 12.8 Å². The maximum absolute atomic E-state index is 11.8. The molecule has 0 bridgehead atoms. The predicted octanol–water partition coefficient (Wildman–Crippen LogP) is 1.92. The highest BCUT2D eigenvalue weighted by Crippen LogP contribution is 2.36. The van der Waals surface area contributed by atoms with Gasteiger partial charge in [-0.3, -0.25) is 4.79 Å². The zero-order valence-corrected chi connectivity index (χ0v) is 16.1.